The summed E-state index contributed by atoms with van der Waals surface area (Å²) in [4.78, 5) is 5.94. The lowest BCUT2D eigenvalue weighted by atomic mass is 10.7. The van der Waals surface area contributed by atoms with Gasteiger partial charge >= 0.3 is 6.08 Å². The van der Waals surface area contributed by atoms with Gasteiger partial charge in [-0.15, -0.1) is 0 Å². The molecule has 0 aliphatic carbocycles. The van der Waals surface area contributed by atoms with Crippen molar-refractivity contribution in [3.05, 3.63) is 18.5 Å². The van der Waals surface area contributed by atoms with E-state index < -0.39 is 17.2 Å². The van der Waals surface area contributed by atoms with Crippen molar-refractivity contribution in [3.8, 4) is 0 Å². The number of halogens is 1. The minimum atomic E-state index is -2.38. The van der Waals surface area contributed by atoms with Gasteiger partial charge in [0.1, 0.15) is 0 Å². The molecule has 0 fully saturated rings. The Kier molecular flexibility index (Phi) is 2.03. The molecule has 0 bridgehead atoms. The molecule has 0 saturated heterocycles. The van der Waals surface area contributed by atoms with Crippen LogP contribution in [0.4, 0.5) is 4.39 Å². The fourth-order valence-corrected chi connectivity index (χ4v) is 0.664. The van der Waals surface area contributed by atoms with Crippen molar-refractivity contribution in [2.24, 2.45) is 0 Å². The Bertz CT molecular complexity index is 250. The van der Waals surface area contributed by atoms with Gasteiger partial charge in [0.05, 0.1) is 4.90 Å². The van der Waals surface area contributed by atoms with Gasteiger partial charge < -0.3 is 4.55 Å². The lowest BCUT2D eigenvalue weighted by molar-refractivity contribution is 0.522. The molecule has 0 saturated carbocycles. The molecule has 54 valence electrons. The quantitative estimate of drug-likeness (QED) is 0.424. The molecule has 1 unspecified atom stereocenters. The van der Waals surface area contributed by atoms with E-state index in [-0.39, 0.29) is 4.90 Å². The Balaban J connectivity index is 3.00. The standard InChI is InChI=1S/C4H3FN2O2S/c5-4-6-1-3(2-7-4)10(8)9/h1-2H,(H,8,9)/p-1. The number of nitrogens with zero attached hydrogens (tertiary/aromatic N) is 2. The highest BCUT2D eigenvalue weighted by Crippen LogP contribution is 1.98. The molecule has 0 spiro atoms. The van der Waals surface area contributed by atoms with Crippen molar-refractivity contribution in [3.63, 3.8) is 0 Å². The van der Waals surface area contributed by atoms with Crippen LogP contribution in [0.15, 0.2) is 17.3 Å². The first-order valence-corrected chi connectivity index (χ1v) is 3.34. The van der Waals surface area contributed by atoms with E-state index in [1.165, 1.54) is 0 Å². The van der Waals surface area contributed by atoms with Crippen LogP contribution in [0, 0.1) is 6.08 Å². The molecule has 0 aliphatic rings. The highest BCUT2D eigenvalue weighted by atomic mass is 32.2. The summed E-state index contributed by atoms with van der Waals surface area (Å²) in [6, 6.07) is 0. The summed E-state index contributed by atoms with van der Waals surface area (Å²) in [6.45, 7) is 0. The molecule has 1 atom stereocenters. The van der Waals surface area contributed by atoms with Crippen LogP contribution >= 0.6 is 0 Å². The molecule has 6 heteroatoms. The van der Waals surface area contributed by atoms with Crippen LogP contribution in [0.2, 0.25) is 0 Å². The average molecular weight is 161 g/mol. The normalized spacial score (nSPS) is 13.0. The van der Waals surface area contributed by atoms with Crippen molar-refractivity contribution in [2.75, 3.05) is 0 Å². The van der Waals surface area contributed by atoms with Crippen molar-refractivity contribution >= 4 is 11.1 Å². The van der Waals surface area contributed by atoms with Crippen LogP contribution < -0.4 is 0 Å². The minimum absolute atomic E-state index is 0.124. The first-order valence-electron chi connectivity index (χ1n) is 2.27. The van der Waals surface area contributed by atoms with Crippen LogP contribution in [0.5, 0.6) is 0 Å². The minimum Gasteiger partial charge on any atom is -0.768 e. The molecule has 0 aliphatic heterocycles. The fourth-order valence-electron chi connectivity index (χ4n) is 0.387. The van der Waals surface area contributed by atoms with E-state index in [2.05, 4.69) is 9.97 Å². The van der Waals surface area contributed by atoms with Crippen LogP contribution in [0.25, 0.3) is 0 Å². The van der Waals surface area contributed by atoms with E-state index in [1.54, 1.807) is 0 Å². The number of hydrogen-bond acceptors (Lipinski definition) is 4. The molecule has 0 N–H and O–H groups in total. The van der Waals surface area contributed by atoms with Crippen LogP contribution in [0.3, 0.4) is 0 Å². The molecule has 4 nitrogen and oxygen atoms in total. The molecule has 1 aromatic rings. The smallest absolute Gasteiger partial charge is 0.308 e. The van der Waals surface area contributed by atoms with Crippen molar-refractivity contribution < 1.29 is 13.2 Å². The van der Waals surface area contributed by atoms with Gasteiger partial charge in [0.2, 0.25) is 0 Å². The molecule has 1 rings (SSSR count). The Labute approximate surface area is 58.4 Å². The number of aromatic nitrogens is 2. The van der Waals surface area contributed by atoms with Gasteiger partial charge in [-0.3, -0.25) is 4.21 Å². The maximum absolute atomic E-state index is 11.9. The maximum atomic E-state index is 11.9. The Hall–Kier alpha value is -0.880. The molecule has 0 radical (unpaired) electrons. The lowest BCUT2D eigenvalue weighted by Gasteiger charge is -2.00. The lowest BCUT2D eigenvalue weighted by Crippen LogP contribution is -1.94. The van der Waals surface area contributed by atoms with Gasteiger partial charge in [0, 0.05) is 12.4 Å². The topological polar surface area (TPSA) is 65.9 Å². The van der Waals surface area contributed by atoms with Crippen molar-refractivity contribution in [1.82, 2.24) is 9.97 Å². The van der Waals surface area contributed by atoms with Gasteiger partial charge in [-0.25, -0.2) is 9.97 Å². The van der Waals surface area contributed by atoms with Crippen molar-refractivity contribution in [2.45, 2.75) is 4.90 Å². The van der Waals surface area contributed by atoms with Gasteiger partial charge in [0.25, 0.3) is 0 Å². The zero-order valence-electron chi connectivity index (χ0n) is 4.65. The average Bonchev–Trinajstić information content (AvgIpc) is 1.88. The monoisotopic (exact) mass is 161 g/mol. The summed E-state index contributed by atoms with van der Waals surface area (Å²) >= 11 is -2.38. The summed E-state index contributed by atoms with van der Waals surface area (Å²) in [5.74, 6) is 0. The maximum Gasteiger partial charge on any atom is 0.308 e. The molecule has 1 aromatic heterocycles. The van der Waals surface area contributed by atoms with Gasteiger partial charge in [-0.1, -0.05) is 0 Å². The van der Waals surface area contributed by atoms with E-state index >= 15 is 0 Å². The van der Waals surface area contributed by atoms with E-state index in [0.29, 0.717) is 0 Å². The predicted molar refractivity (Wildman–Crippen MR) is 29.2 cm³/mol. The summed E-state index contributed by atoms with van der Waals surface area (Å²) < 4.78 is 32.1. The number of rotatable bonds is 1. The summed E-state index contributed by atoms with van der Waals surface area (Å²) in [5.41, 5.74) is 0. The second kappa shape index (κ2) is 2.80. The second-order valence-electron chi connectivity index (χ2n) is 1.42. The summed E-state index contributed by atoms with van der Waals surface area (Å²) in [7, 11) is 0. The van der Waals surface area contributed by atoms with Crippen molar-refractivity contribution in [1.29, 1.82) is 0 Å². The largest absolute Gasteiger partial charge is 0.768 e. The zero-order chi connectivity index (χ0) is 7.56. The molecule has 10 heavy (non-hydrogen) atoms. The van der Waals surface area contributed by atoms with Gasteiger partial charge in [-0.05, 0) is 11.1 Å². The molecular formula is C4H2FN2O2S-. The molecule has 0 aromatic carbocycles. The van der Waals surface area contributed by atoms with Crippen LogP contribution in [0.1, 0.15) is 0 Å². The van der Waals surface area contributed by atoms with E-state index in [0.717, 1.165) is 12.4 Å². The SMILES string of the molecule is O=S([O-])c1cnc(F)nc1. The molecule has 0 amide bonds. The Morgan fingerprint density at radius 2 is 2.00 bits per heavy atom. The second-order valence-corrected chi connectivity index (χ2v) is 2.36. The molecule has 1 heterocycles. The third kappa shape index (κ3) is 1.55. The highest BCUT2D eigenvalue weighted by Gasteiger charge is 1.93. The van der Waals surface area contributed by atoms with E-state index in [4.69, 9.17) is 0 Å². The fraction of sp³-hybridized carbons (Fsp3) is 0. The zero-order valence-corrected chi connectivity index (χ0v) is 5.47. The Morgan fingerprint density at radius 3 is 2.40 bits per heavy atom. The van der Waals surface area contributed by atoms with E-state index in [9.17, 15) is 13.2 Å². The van der Waals surface area contributed by atoms with Gasteiger partial charge in [0.15, 0.2) is 0 Å². The molecular weight excluding hydrogens is 159 g/mol. The third-order valence-corrected chi connectivity index (χ3v) is 1.38. The summed E-state index contributed by atoms with van der Waals surface area (Å²) in [5, 5.41) is 0. The third-order valence-electron chi connectivity index (χ3n) is 0.789. The first-order chi connectivity index (χ1) is 4.70. The summed E-state index contributed by atoms with van der Waals surface area (Å²) in [6.07, 6.45) is 0.853. The van der Waals surface area contributed by atoms with Crippen LogP contribution in [-0.4, -0.2) is 18.7 Å². The Morgan fingerprint density at radius 1 is 1.50 bits per heavy atom. The van der Waals surface area contributed by atoms with Crippen LogP contribution in [-0.2, 0) is 11.1 Å². The van der Waals surface area contributed by atoms with E-state index in [1.807, 2.05) is 0 Å². The highest BCUT2D eigenvalue weighted by molar-refractivity contribution is 7.79. The predicted octanol–water partition coefficient (Wildman–Crippen LogP) is -0.146. The number of hydrogen-bond donors (Lipinski definition) is 0. The first kappa shape index (κ1) is 7.23. The van der Waals surface area contributed by atoms with Gasteiger partial charge in [-0.2, -0.15) is 4.39 Å².